The molecule has 6 heteroatoms. The van der Waals surface area contributed by atoms with Crippen LogP contribution in [-0.2, 0) is 0 Å². The van der Waals surface area contributed by atoms with E-state index in [0.717, 1.165) is 5.57 Å². The van der Waals surface area contributed by atoms with E-state index in [-0.39, 0.29) is 11.5 Å². The van der Waals surface area contributed by atoms with Gasteiger partial charge in [0.15, 0.2) is 4.77 Å². The zero-order valence-corrected chi connectivity index (χ0v) is 10.6. The fourth-order valence-corrected chi connectivity index (χ4v) is 1.82. The number of imidazole rings is 1. The molecule has 3 N–H and O–H groups in total. The second-order valence-electron chi connectivity index (χ2n) is 4.09. The summed E-state index contributed by atoms with van der Waals surface area (Å²) in [5, 5.41) is 2.65. The predicted molar refractivity (Wildman–Crippen MR) is 70.6 cm³/mol. The molecule has 0 aliphatic carbocycles. The van der Waals surface area contributed by atoms with Gasteiger partial charge in [-0.05, 0) is 31.3 Å². The number of rotatable bonds is 3. The summed E-state index contributed by atoms with van der Waals surface area (Å²) in [4.78, 5) is 17.6. The standard InChI is InChI=1S/C12H12FN3OS/c1-6(2)5-14-11(17)8-3-7(13)4-9-10(8)16-12(18)15-9/h3-4H,1,5H2,2H3,(H,14,17)(H2,15,16,18). The van der Waals surface area contributed by atoms with E-state index < -0.39 is 5.82 Å². The van der Waals surface area contributed by atoms with Crippen molar-refractivity contribution in [3.63, 3.8) is 0 Å². The molecule has 18 heavy (non-hydrogen) atoms. The van der Waals surface area contributed by atoms with Gasteiger partial charge in [-0.15, -0.1) is 0 Å². The summed E-state index contributed by atoms with van der Waals surface area (Å²) >= 11 is 4.93. The van der Waals surface area contributed by atoms with Gasteiger partial charge in [-0.3, -0.25) is 4.79 Å². The van der Waals surface area contributed by atoms with Crippen molar-refractivity contribution in [1.82, 2.24) is 15.3 Å². The fourth-order valence-electron chi connectivity index (χ4n) is 1.61. The molecule has 1 heterocycles. The molecule has 0 atom stereocenters. The maximum atomic E-state index is 13.4. The third-order valence-corrected chi connectivity index (χ3v) is 2.59. The van der Waals surface area contributed by atoms with Crippen LogP contribution < -0.4 is 5.32 Å². The molecule has 0 aliphatic heterocycles. The van der Waals surface area contributed by atoms with Gasteiger partial charge in [-0.1, -0.05) is 12.2 Å². The molecule has 0 fully saturated rings. The van der Waals surface area contributed by atoms with Gasteiger partial charge in [0, 0.05) is 6.54 Å². The molecule has 0 spiro atoms. The summed E-state index contributed by atoms with van der Waals surface area (Å²) in [7, 11) is 0. The van der Waals surface area contributed by atoms with Crippen molar-refractivity contribution < 1.29 is 9.18 Å². The van der Waals surface area contributed by atoms with Gasteiger partial charge in [0.05, 0.1) is 16.6 Å². The second-order valence-corrected chi connectivity index (χ2v) is 4.50. The predicted octanol–water partition coefficient (Wildman–Crippen LogP) is 2.67. The first kappa shape index (κ1) is 12.5. The Hall–Kier alpha value is -1.95. The molecule has 0 bridgehead atoms. The van der Waals surface area contributed by atoms with Gasteiger partial charge in [-0.25, -0.2) is 4.39 Å². The SMILES string of the molecule is C=C(C)CNC(=O)c1cc(F)cc2[nH]c(=S)[nH]c12. The topological polar surface area (TPSA) is 60.7 Å². The summed E-state index contributed by atoms with van der Waals surface area (Å²) < 4.78 is 13.8. The first-order chi connectivity index (χ1) is 8.47. The van der Waals surface area contributed by atoms with E-state index in [1.807, 2.05) is 0 Å². The Morgan fingerprint density at radius 3 is 2.89 bits per heavy atom. The largest absolute Gasteiger partial charge is 0.348 e. The average Bonchev–Trinajstić information content (AvgIpc) is 2.64. The number of fused-ring (bicyclic) bond motifs is 1. The van der Waals surface area contributed by atoms with Crippen LogP contribution in [0.1, 0.15) is 17.3 Å². The van der Waals surface area contributed by atoms with Gasteiger partial charge in [0.1, 0.15) is 5.82 Å². The van der Waals surface area contributed by atoms with E-state index in [1.165, 1.54) is 12.1 Å². The van der Waals surface area contributed by atoms with E-state index in [2.05, 4.69) is 21.9 Å². The fraction of sp³-hybridized carbons (Fsp3) is 0.167. The number of hydrogen-bond acceptors (Lipinski definition) is 2. The van der Waals surface area contributed by atoms with Crippen LogP contribution in [0.25, 0.3) is 11.0 Å². The van der Waals surface area contributed by atoms with Crippen molar-refractivity contribution >= 4 is 29.2 Å². The molecule has 1 amide bonds. The lowest BCUT2D eigenvalue weighted by molar-refractivity contribution is 0.0958. The number of amides is 1. The van der Waals surface area contributed by atoms with Crippen LogP contribution in [0.2, 0.25) is 0 Å². The number of benzene rings is 1. The van der Waals surface area contributed by atoms with Crippen LogP contribution in [0.5, 0.6) is 0 Å². The van der Waals surface area contributed by atoms with E-state index in [9.17, 15) is 9.18 Å². The Bertz CT molecular complexity index is 686. The number of carbonyl (C=O) groups is 1. The summed E-state index contributed by atoms with van der Waals surface area (Å²) in [6.07, 6.45) is 0. The van der Waals surface area contributed by atoms with Gasteiger partial charge < -0.3 is 15.3 Å². The van der Waals surface area contributed by atoms with Crippen LogP contribution in [0, 0.1) is 10.6 Å². The van der Waals surface area contributed by atoms with Crippen molar-refractivity contribution in [3.8, 4) is 0 Å². The van der Waals surface area contributed by atoms with E-state index in [4.69, 9.17) is 12.2 Å². The molecular formula is C12H12FN3OS. The Morgan fingerprint density at radius 2 is 2.22 bits per heavy atom. The lowest BCUT2D eigenvalue weighted by atomic mass is 10.1. The molecular weight excluding hydrogens is 253 g/mol. The zero-order valence-electron chi connectivity index (χ0n) is 9.76. The summed E-state index contributed by atoms with van der Waals surface area (Å²) in [5.41, 5.74) is 2.01. The lowest BCUT2D eigenvalue weighted by Gasteiger charge is -2.05. The molecule has 2 rings (SSSR count). The molecule has 1 aromatic heterocycles. The van der Waals surface area contributed by atoms with Crippen molar-refractivity contribution in [2.75, 3.05) is 6.54 Å². The van der Waals surface area contributed by atoms with Gasteiger partial charge in [0.2, 0.25) is 0 Å². The third-order valence-electron chi connectivity index (χ3n) is 2.39. The highest BCUT2D eigenvalue weighted by Gasteiger charge is 2.13. The van der Waals surface area contributed by atoms with Crippen molar-refractivity contribution in [3.05, 3.63) is 40.4 Å². The van der Waals surface area contributed by atoms with Crippen LogP contribution in [0.4, 0.5) is 4.39 Å². The lowest BCUT2D eigenvalue weighted by Crippen LogP contribution is -2.25. The summed E-state index contributed by atoms with van der Waals surface area (Å²) in [6.45, 7) is 5.83. The zero-order chi connectivity index (χ0) is 13.3. The van der Waals surface area contributed by atoms with Gasteiger partial charge in [-0.2, -0.15) is 0 Å². The number of aromatic nitrogens is 2. The smallest absolute Gasteiger partial charge is 0.253 e. The number of H-pyrrole nitrogens is 2. The monoisotopic (exact) mass is 265 g/mol. The first-order valence-electron chi connectivity index (χ1n) is 5.31. The second kappa shape index (κ2) is 4.73. The number of carbonyl (C=O) groups excluding carboxylic acids is 1. The minimum Gasteiger partial charge on any atom is -0.348 e. The molecule has 94 valence electrons. The van der Waals surface area contributed by atoms with Gasteiger partial charge >= 0.3 is 0 Å². The van der Waals surface area contributed by atoms with Crippen molar-refractivity contribution in [2.24, 2.45) is 0 Å². The maximum absolute atomic E-state index is 13.4. The molecule has 0 saturated heterocycles. The van der Waals surface area contributed by atoms with Crippen LogP contribution >= 0.6 is 12.2 Å². The van der Waals surface area contributed by atoms with E-state index in [0.29, 0.717) is 22.3 Å². The maximum Gasteiger partial charge on any atom is 0.253 e. The Balaban J connectivity index is 2.45. The first-order valence-corrected chi connectivity index (χ1v) is 5.72. The Labute approximate surface area is 108 Å². The highest BCUT2D eigenvalue weighted by Crippen LogP contribution is 2.17. The van der Waals surface area contributed by atoms with E-state index in [1.54, 1.807) is 6.92 Å². The van der Waals surface area contributed by atoms with Crippen molar-refractivity contribution in [2.45, 2.75) is 6.92 Å². The molecule has 0 unspecified atom stereocenters. The molecule has 0 radical (unpaired) electrons. The van der Waals surface area contributed by atoms with E-state index >= 15 is 0 Å². The molecule has 2 aromatic rings. The number of aromatic amines is 2. The van der Waals surface area contributed by atoms with Crippen LogP contribution in [0.15, 0.2) is 24.3 Å². The number of halogens is 1. The van der Waals surface area contributed by atoms with Gasteiger partial charge in [0.25, 0.3) is 5.91 Å². The van der Waals surface area contributed by atoms with Crippen LogP contribution in [0.3, 0.4) is 0 Å². The minimum atomic E-state index is -0.492. The Morgan fingerprint density at radius 1 is 1.50 bits per heavy atom. The number of hydrogen-bond donors (Lipinski definition) is 3. The molecule has 0 saturated carbocycles. The molecule has 1 aromatic carbocycles. The highest BCUT2D eigenvalue weighted by molar-refractivity contribution is 7.71. The number of nitrogens with one attached hydrogen (secondary N) is 3. The quantitative estimate of drug-likeness (QED) is 0.590. The molecule has 4 nitrogen and oxygen atoms in total. The third kappa shape index (κ3) is 2.48. The van der Waals surface area contributed by atoms with Crippen LogP contribution in [-0.4, -0.2) is 22.4 Å². The summed E-state index contributed by atoms with van der Waals surface area (Å²) in [5.74, 6) is -0.860. The normalized spacial score (nSPS) is 10.6. The molecule has 0 aliphatic rings. The van der Waals surface area contributed by atoms with Crippen molar-refractivity contribution in [1.29, 1.82) is 0 Å². The minimum absolute atomic E-state index is 0.221. The highest BCUT2D eigenvalue weighted by atomic mass is 32.1. The Kier molecular flexibility index (Phi) is 3.29. The summed E-state index contributed by atoms with van der Waals surface area (Å²) in [6, 6.07) is 2.46. The average molecular weight is 265 g/mol.